The van der Waals surface area contributed by atoms with Gasteiger partial charge in [-0.2, -0.15) is 5.10 Å². The molecule has 8 heteroatoms. The number of aromatic nitrogens is 2. The van der Waals surface area contributed by atoms with Crippen LogP contribution in [0.3, 0.4) is 0 Å². The molecule has 38 heavy (non-hydrogen) atoms. The van der Waals surface area contributed by atoms with Crippen LogP contribution in [0.5, 0.6) is 0 Å². The maximum Gasteiger partial charge on any atom is 0.276 e. The van der Waals surface area contributed by atoms with Gasteiger partial charge in [-0.3, -0.25) is 9.59 Å². The quantitative estimate of drug-likeness (QED) is 0.344. The van der Waals surface area contributed by atoms with E-state index >= 15 is 0 Å². The maximum absolute atomic E-state index is 13.2. The number of aryl methyl sites for hydroxylation is 2. The largest absolute Gasteiger partial charge is 0.399 e. The molecule has 0 unspecified atom stereocenters. The first-order valence-electron chi connectivity index (χ1n) is 13.0. The first-order valence-corrected chi connectivity index (χ1v) is 13.0. The minimum absolute atomic E-state index is 0.0124. The van der Waals surface area contributed by atoms with Gasteiger partial charge < -0.3 is 20.9 Å². The predicted molar refractivity (Wildman–Crippen MR) is 153 cm³/mol. The van der Waals surface area contributed by atoms with Crippen molar-refractivity contribution >= 4 is 28.9 Å². The Balaban J connectivity index is 1.54. The number of hydrogen-bond acceptors (Lipinski definition) is 5. The number of amides is 2. The fraction of sp³-hybridized carbons (Fsp3) is 0.300. The van der Waals surface area contributed by atoms with Gasteiger partial charge in [-0.05, 0) is 74.5 Å². The number of carbonyl (C=O) groups excluding carboxylic acids is 2. The summed E-state index contributed by atoms with van der Waals surface area (Å²) in [5, 5.41) is 7.60. The molecule has 2 aromatic carbocycles. The number of carbonyl (C=O) groups is 2. The Morgan fingerprint density at radius 2 is 1.74 bits per heavy atom. The lowest BCUT2D eigenvalue weighted by Crippen LogP contribution is -2.47. The number of nitrogen functional groups attached to an aromatic ring is 1. The van der Waals surface area contributed by atoms with Crippen molar-refractivity contribution in [3.8, 4) is 0 Å². The van der Waals surface area contributed by atoms with Crippen molar-refractivity contribution in [1.29, 1.82) is 0 Å². The average molecular weight is 513 g/mol. The number of hydrogen-bond donors (Lipinski definition) is 2. The first kappa shape index (κ1) is 26.9. The van der Waals surface area contributed by atoms with Crippen LogP contribution >= 0.6 is 0 Å². The number of nitrogens with two attached hydrogens (primary N) is 1. The van der Waals surface area contributed by atoms with Crippen LogP contribution in [0.1, 0.15) is 51.0 Å². The molecule has 0 radical (unpaired) electrons. The van der Waals surface area contributed by atoms with Crippen molar-refractivity contribution in [1.82, 2.24) is 19.6 Å². The zero-order valence-corrected chi connectivity index (χ0v) is 22.4. The van der Waals surface area contributed by atoms with E-state index in [1.165, 1.54) is 0 Å². The Morgan fingerprint density at radius 3 is 2.37 bits per heavy atom. The number of nitrogens with zero attached hydrogens (tertiary/aromatic N) is 4. The van der Waals surface area contributed by atoms with Gasteiger partial charge in [0.1, 0.15) is 0 Å². The summed E-state index contributed by atoms with van der Waals surface area (Å²) >= 11 is 0. The molecule has 8 nitrogen and oxygen atoms in total. The average Bonchev–Trinajstić information content (AvgIpc) is 3.33. The van der Waals surface area contributed by atoms with Crippen LogP contribution < -0.4 is 11.1 Å². The number of piperazine rings is 1. The molecule has 2 amide bonds. The molecule has 198 valence electrons. The van der Waals surface area contributed by atoms with E-state index in [1.807, 2.05) is 46.8 Å². The highest BCUT2D eigenvalue weighted by Crippen LogP contribution is 2.24. The molecule has 0 spiro atoms. The van der Waals surface area contributed by atoms with Crippen LogP contribution in [0, 0.1) is 6.92 Å². The molecule has 4 rings (SSSR count). The molecule has 1 saturated heterocycles. The molecule has 0 aliphatic carbocycles. The number of nitrogens with one attached hydrogen (secondary N) is 1. The van der Waals surface area contributed by atoms with Crippen molar-refractivity contribution in [2.75, 3.05) is 44.3 Å². The normalized spacial score (nSPS) is 14.4. The number of allylic oxidation sites excluding steroid dienone is 2. The fourth-order valence-electron chi connectivity index (χ4n) is 4.49. The number of anilines is 2. The molecule has 0 bridgehead atoms. The van der Waals surface area contributed by atoms with E-state index in [1.54, 1.807) is 30.3 Å². The van der Waals surface area contributed by atoms with Crippen LogP contribution in [0.25, 0.3) is 5.70 Å². The SMILES string of the molecule is C=C/C=C(/c1ccc(N)c(C)c1)n1nc(C(=O)Nc2ccc(C(=O)N3CCN(C)CC3)cc2)cc1CCC. The Kier molecular flexibility index (Phi) is 8.43. The summed E-state index contributed by atoms with van der Waals surface area (Å²) in [5.74, 6) is -0.302. The van der Waals surface area contributed by atoms with E-state index in [2.05, 4.69) is 35.9 Å². The number of benzene rings is 2. The van der Waals surface area contributed by atoms with Crippen molar-refractivity contribution in [3.63, 3.8) is 0 Å². The summed E-state index contributed by atoms with van der Waals surface area (Å²) in [4.78, 5) is 30.1. The predicted octanol–water partition coefficient (Wildman–Crippen LogP) is 4.44. The summed E-state index contributed by atoms with van der Waals surface area (Å²) in [6.07, 6.45) is 5.25. The van der Waals surface area contributed by atoms with Crippen LogP contribution in [0.4, 0.5) is 11.4 Å². The van der Waals surface area contributed by atoms with Gasteiger partial charge in [0.15, 0.2) is 5.69 Å². The van der Waals surface area contributed by atoms with E-state index in [4.69, 9.17) is 5.73 Å². The molecule has 1 aliphatic rings. The smallest absolute Gasteiger partial charge is 0.276 e. The van der Waals surface area contributed by atoms with E-state index in [-0.39, 0.29) is 11.8 Å². The number of rotatable bonds is 8. The van der Waals surface area contributed by atoms with E-state index in [9.17, 15) is 9.59 Å². The van der Waals surface area contributed by atoms with Crippen molar-refractivity contribution in [3.05, 3.63) is 95.3 Å². The van der Waals surface area contributed by atoms with Gasteiger partial charge in [-0.15, -0.1) is 0 Å². The topological polar surface area (TPSA) is 96.5 Å². The van der Waals surface area contributed by atoms with Gasteiger partial charge in [0, 0.05) is 54.4 Å². The third-order valence-electron chi connectivity index (χ3n) is 6.77. The van der Waals surface area contributed by atoms with Crippen LogP contribution in [-0.2, 0) is 6.42 Å². The molecular weight excluding hydrogens is 476 g/mol. The second-order valence-corrected chi connectivity index (χ2v) is 9.67. The Hall–Kier alpha value is -4.17. The second-order valence-electron chi connectivity index (χ2n) is 9.67. The van der Waals surface area contributed by atoms with Crippen molar-refractivity contribution < 1.29 is 9.59 Å². The zero-order valence-electron chi connectivity index (χ0n) is 22.4. The minimum Gasteiger partial charge on any atom is -0.399 e. The molecule has 1 aromatic heterocycles. The summed E-state index contributed by atoms with van der Waals surface area (Å²) in [5.41, 5.74) is 11.9. The summed E-state index contributed by atoms with van der Waals surface area (Å²) in [7, 11) is 2.06. The van der Waals surface area contributed by atoms with Crippen molar-refractivity contribution in [2.24, 2.45) is 0 Å². The van der Waals surface area contributed by atoms with E-state index < -0.39 is 0 Å². The third-order valence-corrected chi connectivity index (χ3v) is 6.77. The summed E-state index contributed by atoms with van der Waals surface area (Å²) in [6.45, 7) is 11.1. The molecule has 0 atom stereocenters. The molecule has 1 aliphatic heterocycles. The minimum atomic E-state index is -0.314. The van der Waals surface area contributed by atoms with Gasteiger partial charge in [0.05, 0.1) is 5.70 Å². The zero-order chi connectivity index (χ0) is 27.2. The standard InChI is InChI=1S/C30H36N6O2/c1-5-7-25-20-27(33-36(25)28(8-6-2)23-11-14-26(31)21(3)19-23)29(37)32-24-12-9-22(10-13-24)30(38)35-17-15-34(4)16-18-35/h6,8-14,19-20H,2,5,7,15-18,31H2,1,3-4H3,(H,32,37)/b28-8-. The van der Waals surface area contributed by atoms with Gasteiger partial charge in [0.2, 0.25) is 0 Å². The third kappa shape index (κ3) is 6.03. The monoisotopic (exact) mass is 512 g/mol. The van der Waals surface area contributed by atoms with Gasteiger partial charge in [0.25, 0.3) is 11.8 Å². The molecule has 2 heterocycles. The second kappa shape index (κ2) is 11.9. The summed E-state index contributed by atoms with van der Waals surface area (Å²) in [6, 6.07) is 14.7. The molecule has 3 N–H and O–H groups in total. The Bertz CT molecular complexity index is 1350. The highest BCUT2D eigenvalue weighted by molar-refractivity contribution is 6.03. The Labute approximate surface area is 224 Å². The lowest BCUT2D eigenvalue weighted by Gasteiger charge is -2.32. The molecule has 3 aromatic rings. The number of likely N-dealkylation sites (N-methyl/N-ethyl adjacent to an activating group) is 1. The highest BCUT2D eigenvalue weighted by Gasteiger charge is 2.21. The fourth-order valence-corrected chi connectivity index (χ4v) is 4.49. The summed E-state index contributed by atoms with van der Waals surface area (Å²) < 4.78 is 1.81. The van der Waals surface area contributed by atoms with Crippen molar-refractivity contribution in [2.45, 2.75) is 26.7 Å². The highest BCUT2D eigenvalue weighted by atomic mass is 16.2. The van der Waals surface area contributed by atoms with Gasteiger partial charge >= 0.3 is 0 Å². The Morgan fingerprint density at radius 1 is 1.05 bits per heavy atom. The first-order chi connectivity index (χ1) is 18.3. The molecule has 1 fully saturated rings. The molecule has 0 saturated carbocycles. The van der Waals surface area contributed by atoms with Gasteiger partial charge in [-0.1, -0.05) is 32.1 Å². The van der Waals surface area contributed by atoms with E-state index in [0.29, 0.717) is 16.9 Å². The van der Waals surface area contributed by atoms with Crippen LogP contribution in [0.2, 0.25) is 0 Å². The lowest BCUT2D eigenvalue weighted by molar-refractivity contribution is 0.0664. The van der Waals surface area contributed by atoms with Crippen LogP contribution in [-0.4, -0.2) is 64.6 Å². The lowest BCUT2D eigenvalue weighted by atomic mass is 10.1. The van der Waals surface area contributed by atoms with Crippen LogP contribution in [0.15, 0.2) is 67.3 Å². The molecular formula is C30H36N6O2. The van der Waals surface area contributed by atoms with E-state index in [0.717, 1.165) is 67.2 Å². The van der Waals surface area contributed by atoms with Gasteiger partial charge in [-0.25, -0.2) is 4.68 Å². The maximum atomic E-state index is 13.2.